The third-order valence-corrected chi connectivity index (χ3v) is 6.14. The first-order valence-corrected chi connectivity index (χ1v) is 8.30. The van der Waals surface area contributed by atoms with Gasteiger partial charge in [-0.05, 0) is 47.0 Å². The number of carbonyl (C=O) groups excluding carboxylic acids is 1. The lowest BCUT2D eigenvalue weighted by Crippen LogP contribution is -2.44. The number of nitrogens with two attached hydrogens (primary N) is 1. The van der Waals surface area contributed by atoms with Gasteiger partial charge in [0.1, 0.15) is 5.82 Å². The average molecular weight is 365 g/mol. The molecule has 1 fully saturated rings. The highest BCUT2D eigenvalue weighted by Crippen LogP contribution is 2.28. The number of nitrogens with zero attached hydrogens (tertiary/aromatic N) is 1. The van der Waals surface area contributed by atoms with Gasteiger partial charge >= 0.3 is 0 Å². The molecule has 1 heterocycles. The number of benzene rings is 1. The van der Waals surface area contributed by atoms with Crippen LogP contribution in [0, 0.1) is 11.7 Å². The van der Waals surface area contributed by atoms with Crippen LogP contribution in [0.4, 0.5) is 4.39 Å². The van der Waals surface area contributed by atoms with Crippen molar-refractivity contribution in [1.29, 1.82) is 0 Å². The maximum atomic E-state index is 13.0. The molecule has 8 heteroatoms. The van der Waals surface area contributed by atoms with Crippen molar-refractivity contribution in [3.63, 3.8) is 0 Å². The summed E-state index contributed by atoms with van der Waals surface area (Å²) in [5, 5.41) is 0. The second kappa shape index (κ2) is 5.79. The van der Waals surface area contributed by atoms with Crippen molar-refractivity contribution in [1.82, 2.24) is 4.31 Å². The predicted octanol–water partition coefficient (Wildman–Crippen LogP) is 1.47. The van der Waals surface area contributed by atoms with Gasteiger partial charge in [-0.3, -0.25) is 4.79 Å². The molecule has 1 aromatic rings. The van der Waals surface area contributed by atoms with Gasteiger partial charge in [0, 0.05) is 17.6 Å². The summed E-state index contributed by atoms with van der Waals surface area (Å²) >= 11 is 3.06. The van der Waals surface area contributed by atoms with E-state index in [4.69, 9.17) is 5.73 Å². The zero-order valence-electron chi connectivity index (χ0n) is 10.6. The van der Waals surface area contributed by atoms with E-state index >= 15 is 0 Å². The lowest BCUT2D eigenvalue weighted by atomic mass is 9.99. The van der Waals surface area contributed by atoms with Gasteiger partial charge in [0.25, 0.3) is 0 Å². The van der Waals surface area contributed by atoms with Crippen LogP contribution in [0.25, 0.3) is 0 Å². The normalized spacial score (nSPS) is 20.8. The number of hydrogen-bond donors (Lipinski definition) is 1. The molecule has 1 amide bonds. The van der Waals surface area contributed by atoms with Gasteiger partial charge < -0.3 is 5.73 Å². The molecule has 1 aliphatic heterocycles. The topological polar surface area (TPSA) is 80.5 Å². The summed E-state index contributed by atoms with van der Waals surface area (Å²) in [4.78, 5) is 11.2. The molecule has 0 spiro atoms. The molecule has 1 saturated heterocycles. The third kappa shape index (κ3) is 3.02. The van der Waals surface area contributed by atoms with Gasteiger partial charge in [-0.1, -0.05) is 0 Å². The molecule has 0 saturated carbocycles. The Balaban J connectivity index is 2.32. The van der Waals surface area contributed by atoms with E-state index in [2.05, 4.69) is 15.9 Å². The van der Waals surface area contributed by atoms with Crippen LogP contribution in [-0.4, -0.2) is 31.7 Å². The van der Waals surface area contributed by atoms with Crippen molar-refractivity contribution in [3.8, 4) is 0 Å². The minimum Gasteiger partial charge on any atom is -0.369 e. The molecule has 0 aliphatic carbocycles. The Labute approximate surface area is 125 Å². The highest BCUT2D eigenvalue weighted by molar-refractivity contribution is 9.10. The van der Waals surface area contributed by atoms with Gasteiger partial charge in [-0.2, -0.15) is 4.31 Å². The van der Waals surface area contributed by atoms with Crippen LogP contribution in [0.1, 0.15) is 12.8 Å². The standard InChI is InChI=1S/C12H14BrFN2O3S/c13-10-6-9(14)3-4-11(10)20(18,19)16-5-1-2-8(7-16)12(15)17/h3-4,6,8H,1-2,5,7H2,(H2,15,17). The fraction of sp³-hybridized carbons (Fsp3) is 0.417. The summed E-state index contributed by atoms with van der Waals surface area (Å²) in [6, 6.07) is 3.40. The van der Waals surface area contributed by atoms with Gasteiger partial charge in [0.15, 0.2) is 0 Å². The highest BCUT2D eigenvalue weighted by Gasteiger charge is 2.33. The molecular weight excluding hydrogens is 351 g/mol. The van der Waals surface area contributed by atoms with Crippen LogP contribution < -0.4 is 5.73 Å². The zero-order valence-corrected chi connectivity index (χ0v) is 13.0. The summed E-state index contributed by atoms with van der Waals surface area (Å²) < 4.78 is 39.5. The Morgan fingerprint density at radius 3 is 2.75 bits per heavy atom. The van der Waals surface area contributed by atoms with Crippen molar-refractivity contribution in [2.24, 2.45) is 11.7 Å². The lowest BCUT2D eigenvalue weighted by molar-refractivity contribution is -0.122. The molecule has 1 aliphatic rings. The van der Waals surface area contributed by atoms with Crippen LogP contribution in [-0.2, 0) is 14.8 Å². The average Bonchev–Trinajstić information content (AvgIpc) is 2.38. The van der Waals surface area contributed by atoms with Crippen molar-refractivity contribution < 1.29 is 17.6 Å². The number of sulfonamides is 1. The second-order valence-corrected chi connectivity index (χ2v) is 7.44. The molecule has 0 radical (unpaired) electrons. The Bertz CT molecular complexity index is 636. The second-order valence-electron chi connectivity index (χ2n) is 4.68. The highest BCUT2D eigenvalue weighted by atomic mass is 79.9. The fourth-order valence-corrected chi connectivity index (χ4v) is 4.75. The maximum Gasteiger partial charge on any atom is 0.244 e. The largest absolute Gasteiger partial charge is 0.369 e. The number of hydrogen-bond acceptors (Lipinski definition) is 3. The Morgan fingerprint density at radius 1 is 1.45 bits per heavy atom. The number of rotatable bonds is 3. The molecular formula is C12H14BrFN2O3S. The fourth-order valence-electron chi connectivity index (χ4n) is 2.22. The first kappa shape index (κ1) is 15.4. The Kier molecular flexibility index (Phi) is 4.46. The quantitative estimate of drug-likeness (QED) is 0.881. The van der Waals surface area contributed by atoms with E-state index in [1.54, 1.807) is 0 Å². The molecule has 1 unspecified atom stereocenters. The molecule has 2 N–H and O–H groups in total. The van der Waals surface area contributed by atoms with Crippen molar-refractivity contribution >= 4 is 31.9 Å². The van der Waals surface area contributed by atoms with Gasteiger partial charge in [0.2, 0.25) is 15.9 Å². The molecule has 1 atom stereocenters. The molecule has 110 valence electrons. The molecule has 2 rings (SSSR count). The Hall–Kier alpha value is -0.990. The molecule has 1 aromatic carbocycles. The van der Waals surface area contributed by atoms with E-state index in [1.807, 2.05) is 0 Å². The summed E-state index contributed by atoms with van der Waals surface area (Å²) in [5.41, 5.74) is 5.24. The SMILES string of the molecule is NC(=O)C1CCCN(S(=O)(=O)c2ccc(F)cc2Br)C1. The molecule has 0 bridgehead atoms. The molecule has 5 nitrogen and oxygen atoms in total. The zero-order chi connectivity index (χ0) is 14.9. The first-order chi connectivity index (χ1) is 9.32. The minimum absolute atomic E-state index is 0.0102. The monoisotopic (exact) mass is 364 g/mol. The van der Waals surface area contributed by atoms with E-state index in [-0.39, 0.29) is 15.9 Å². The molecule has 0 aromatic heterocycles. The van der Waals surface area contributed by atoms with Gasteiger partial charge in [-0.25, -0.2) is 12.8 Å². The lowest BCUT2D eigenvalue weighted by Gasteiger charge is -2.30. The van der Waals surface area contributed by atoms with Crippen LogP contribution in [0.15, 0.2) is 27.6 Å². The summed E-state index contributed by atoms with van der Waals surface area (Å²) in [6.45, 7) is 0.400. The summed E-state index contributed by atoms with van der Waals surface area (Å²) in [5.74, 6) is -1.50. The van der Waals surface area contributed by atoms with Gasteiger partial charge in [0.05, 0.1) is 10.8 Å². The Morgan fingerprint density at radius 2 is 2.15 bits per heavy atom. The van der Waals surface area contributed by atoms with Gasteiger partial charge in [-0.15, -0.1) is 0 Å². The van der Waals surface area contributed by atoms with Crippen molar-refractivity contribution in [3.05, 3.63) is 28.5 Å². The van der Waals surface area contributed by atoms with E-state index in [1.165, 1.54) is 10.4 Å². The number of halogens is 2. The van der Waals surface area contributed by atoms with E-state index in [0.717, 1.165) is 12.1 Å². The summed E-state index contributed by atoms with van der Waals surface area (Å²) in [7, 11) is -3.76. The van der Waals surface area contributed by atoms with Crippen LogP contribution in [0.2, 0.25) is 0 Å². The van der Waals surface area contributed by atoms with Crippen molar-refractivity contribution in [2.75, 3.05) is 13.1 Å². The maximum absolute atomic E-state index is 13.0. The number of carbonyl (C=O) groups is 1. The smallest absolute Gasteiger partial charge is 0.244 e. The predicted molar refractivity (Wildman–Crippen MR) is 74.8 cm³/mol. The van der Waals surface area contributed by atoms with E-state index in [0.29, 0.717) is 19.4 Å². The number of primary amides is 1. The third-order valence-electron chi connectivity index (χ3n) is 3.30. The minimum atomic E-state index is -3.76. The van der Waals surface area contributed by atoms with Crippen LogP contribution >= 0.6 is 15.9 Å². The van der Waals surface area contributed by atoms with Crippen LogP contribution in [0.5, 0.6) is 0 Å². The first-order valence-electron chi connectivity index (χ1n) is 6.07. The van der Waals surface area contributed by atoms with Crippen LogP contribution in [0.3, 0.4) is 0 Å². The van der Waals surface area contributed by atoms with E-state index in [9.17, 15) is 17.6 Å². The number of piperidine rings is 1. The van der Waals surface area contributed by atoms with Crippen molar-refractivity contribution in [2.45, 2.75) is 17.7 Å². The van der Waals surface area contributed by atoms with E-state index < -0.39 is 27.7 Å². The summed E-state index contributed by atoms with van der Waals surface area (Å²) in [6.07, 6.45) is 1.16. The number of amides is 1. The molecule has 20 heavy (non-hydrogen) atoms.